The molecular formula is C15H18N2OS. The van der Waals surface area contributed by atoms with Gasteiger partial charge in [-0.05, 0) is 30.7 Å². The molecular weight excluding hydrogens is 256 g/mol. The lowest BCUT2D eigenvalue weighted by Gasteiger charge is -2.10. The summed E-state index contributed by atoms with van der Waals surface area (Å²) < 4.78 is 0. The van der Waals surface area contributed by atoms with Gasteiger partial charge in [0, 0.05) is 35.5 Å². The Balaban J connectivity index is 1.93. The number of para-hydroxylation sites is 1. The predicted molar refractivity (Wildman–Crippen MR) is 80.3 cm³/mol. The predicted octanol–water partition coefficient (Wildman–Crippen LogP) is 3.30. The van der Waals surface area contributed by atoms with Gasteiger partial charge in [-0.15, -0.1) is 11.3 Å². The molecule has 0 atom stereocenters. The lowest BCUT2D eigenvalue weighted by molar-refractivity contribution is -0.114. The summed E-state index contributed by atoms with van der Waals surface area (Å²) in [4.78, 5) is 13.8. The Kier molecular flexibility index (Phi) is 4.71. The second kappa shape index (κ2) is 6.50. The number of thiophene rings is 1. The van der Waals surface area contributed by atoms with E-state index in [9.17, 15) is 4.79 Å². The number of nitrogens with one attached hydrogen (secondary N) is 2. The van der Waals surface area contributed by atoms with Gasteiger partial charge in [0.05, 0.1) is 0 Å². The molecule has 0 radical (unpaired) electrons. The molecule has 0 bridgehead atoms. The van der Waals surface area contributed by atoms with Gasteiger partial charge in [-0.3, -0.25) is 4.79 Å². The van der Waals surface area contributed by atoms with Gasteiger partial charge in [-0.1, -0.05) is 18.2 Å². The van der Waals surface area contributed by atoms with Crippen LogP contribution < -0.4 is 10.6 Å². The van der Waals surface area contributed by atoms with Crippen LogP contribution in [0.2, 0.25) is 0 Å². The highest BCUT2D eigenvalue weighted by Gasteiger charge is 2.03. The van der Waals surface area contributed by atoms with Crippen molar-refractivity contribution in [2.75, 3.05) is 5.32 Å². The van der Waals surface area contributed by atoms with Crippen molar-refractivity contribution in [2.45, 2.75) is 26.9 Å². The van der Waals surface area contributed by atoms with Crippen molar-refractivity contribution < 1.29 is 4.79 Å². The van der Waals surface area contributed by atoms with E-state index in [0.717, 1.165) is 24.3 Å². The molecule has 2 rings (SSSR count). The molecule has 0 aliphatic carbocycles. The van der Waals surface area contributed by atoms with Crippen LogP contribution in [0.25, 0.3) is 0 Å². The number of hydrogen-bond acceptors (Lipinski definition) is 3. The van der Waals surface area contributed by atoms with Gasteiger partial charge in [-0.2, -0.15) is 0 Å². The zero-order valence-electron chi connectivity index (χ0n) is 11.2. The number of hydrogen-bond donors (Lipinski definition) is 2. The van der Waals surface area contributed by atoms with Gasteiger partial charge in [0.1, 0.15) is 0 Å². The van der Waals surface area contributed by atoms with Crippen molar-refractivity contribution in [1.29, 1.82) is 0 Å². The first kappa shape index (κ1) is 13.8. The molecule has 100 valence electrons. The summed E-state index contributed by atoms with van der Waals surface area (Å²) >= 11 is 1.81. The molecule has 1 aromatic heterocycles. The minimum absolute atomic E-state index is 0.0404. The fraction of sp³-hybridized carbons (Fsp3) is 0.267. The highest BCUT2D eigenvalue weighted by Crippen LogP contribution is 2.17. The van der Waals surface area contributed by atoms with Crippen LogP contribution in [0.3, 0.4) is 0 Å². The van der Waals surface area contributed by atoms with Gasteiger partial charge in [-0.25, -0.2) is 0 Å². The van der Waals surface area contributed by atoms with Crippen molar-refractivity contribution in [3.63, 3.8) is 0 Å². The molecule has 0 unspecified atom stereocenters. The van der Waals surface area contributed by atoms with Crippen molar-refractivity contribution >= 4 is 22.9 Å². The first-order chi connectivity index (χ1) is 9.15. The van der Waals surface area contributed by atoms with E-state index in [-0.39, 0.29) is 5.91 Å². The van der Waals surface area contributed by atoms with Gasteiger partial charge in [0.2, 0.25) is 5.91 Å². The number of benzene rings is 1. The third-order valence-electron chi connectivity index (χ3n) is 2.74. The number of amides is 1. The quantitative estimate of drug-likeness (QED) is 0.878. The van der Waals surface area contributed by atoms with E-state index in [1.54, 1.807) is 11.3 Å². The largest absolute Gasteiger partial charge is 0.326 e. The summed E-state index contributed by atoms with van der Waals surface area (Å²) in [7, 11) is 0. The maximum absolute atomic E-state index is 11.1. The molecule has 1 heterocycles. The number of aryl methyl sites for hydroxylation is 1. The second-order valence-corrected chi connectivity index (χ2v) is 5.83. The third kappa shape index (κ3) is 4.19. The normalized spacial score (nSPS) is 10.4. The Morgan fingerprint density at radius 2 is 1.95 bits per heavy atom. The third-order valence-corrected chi connectivity index (χ3v) is 3.74. The van der Waals surface area contributed by atoms with Gasteiger partial charge in [0.15, 0.2) is 0 Å². The molecule has 0 aliphatic rings. The lowest BCUT2D eigenvalue weighted by Crippen LogP contribution is -2.15. The topological polar surface area (TPSA) is 41.1 Å². The van der Waals surface area contributed by atoms with Crippen LogP contribution in [0.4, 0.5) is 5.69 Å². The molecule has 1 amide bonds. The summed E-state index contributed by atoms with van der Waals surface area (Å²) in [5.74, 6) is -0.0404. The Morgan fingerprint density at radius 3 is 2.63 bits per heavy atom. The average molecular weight is 274 g/mol. The van der Waals surface area contributed by atoms with Gasteiger partial charge >= 0.3 is 0 Å². The standard InChI is InChI=1S/C15H18N2OS/c1-11-7-8-14(19-11)10-16-9-13-5-3-4-6-15(13)17-12(2)18/h3-8,16H,9-10H2,1-2H3,(H,17,18). The molecule has 1 aromatic carbocycles. The Hall–Kier alpha value is -1.65. The smallest absolute Gasteiger partial charge is 0.221 e. The second-order valence-electron chi connectivity index (χ2n) is 4.45. The van der Waals surface area contributed by atoms with Crippen LogP contribution in [-0.4, -0.2) is 5.91 Å². The van der Waals surface area contributed by atoms with Gasteiger partial charge < -0.3 is 10.6 Å². The average Bonchev–Trinajstić information content (AvgIpc) is 2.77. The van der Waals surface area contributed by atoms with E-state index in [1.807, 2.05) is 24.3 Å². The Labute approximate surface area is 117 Å². The van der Waals surface area contributed by atoms with E-state index in [0.29, 0.717) is 0 Å². The minimum Gasteiger partial charge on any atom is -0.326 e. The molecule has 19 heavy (non-hydrogen) atoms. The Morgan fingerprint density at radius 1 is 1.16 bits per heavy atom. The number of carbonyl (C=O) groups excluding carboxylic acids is 1. The van der Waals surface area contributed by atoms with Crippen molar-refractivity contribution in [1.82, 2.24) is 5.32 Å². The summed E-state index contributed by atoms with van der Waals surface area (Å²) in [6, 6.07) is 12.1. The molecule has 0 aliphatic heterocycles. The number of anilines is 1. The van der Waals surface area contributed by atoms with E-state index < -0.39 is 0 Å². The molecule has 4 heteroatoms. The zero-order valence-corrected chi connectivity index (χ0v) is 12.0. The lowest BCUT2D eigenvalue weighted by atomic mass is 10.1. The maximum Gasteiger partial charge on any atom is 0.221 e. The number of rotatable bonds is 5. The SMILES string of the molecule is CC(=O)Nc1ccccc1CNCc1ccc(C)s1. The summed E-state index contributed by atoms with van der Waals surface area (Å²) in [5, 5.41) is 6.25. The van der Waals surface area contributed by atoms with Crippen LogP contribution in [0.15, 0.2) is 36.4 Å². The summed E-state index contributed by atoms with van der Waals surface area (Å²) in [6.07, 6.45) is 0. The first-order valence-electron chi connectivity index (χ1n) is 6.26. The molecule has 0 spiro atoms. The zero-order chi connectivity index (χ0) is 13.7. The minimum atomic E-state index is -0.0404. The first-order valence-corrected chi connectivity index (χ1v) is 7.08. The van der Waals surface area contributed by atoms with Crippen LogP contribution in [0.5, 0.6) is 0 Å². The van der Waals surface area contributed by atoms with Crippen LogP contribution in [0, 0.1) is 6.92 Å². The fourth-order valence-electron chi connectivity index (χ4n) is 1.89. The van der Waals surface area contributed by atoms with Gasteiger partial charge in [0.25, 0.3) is 0 Å². The molecule has 2 aromatic rings. The van der Waals surface area contributed by atoms with E-state index in [2.05, 4.69) is 29.7 Å². The molecule has 3 nitrogen and oxygen atoms in total. The monoisotopic (exact) mass is 274 g/mol. The molecule has 0 saturated carbocycles. The van der Waals surface area contributed by atoms with Crippen LogP contribution in [0.1, 0.15) is 22.2 Å². The molecule has 0 saturated heterocycles. The fourth-order valence-corrected chi connectivity index (χ4v) is 2.75. The molecule has 0 fully saturated rings. The van der Waals surface area contributed by atoms with E-state index in [4.69, 9.17) is 0 Å². The maximum atomic E-state index is 11.1. The Bertz CT molecular complexity index is 563. The van der Waals surface area contributed by atoms with E-state index >= 15 is 0 Å². The van der Waals surface area contributed by atoms with Crippen molar-refractivity contribution in [3.05, 3.63) is 51.7 Å². The summed E-state index contributed by atoms with van der Waals surface area (Å²) in [6.45, 7) is 5.24. The van der Waals surface area contributed by atoms with Crippen LogP contribution in [-0.2, 0) is 17.9 Å². The summed E-state index contributed by atoms with van der Waals surface area (Å²) in [5.41, 5.74) is 1.98. The van der Waals surface area contributed by atoms with Crippen molar-refractivity contribution in [2.24, 2.45) is 0 Å². The van der Waals surface area contributed by atoms with Crippen LogP contribution >= 0.6 is 11.3 Å². The highest BCUT2D eigenvalue weighted by molar-refractivity contribution is 7.11. The molecule has 2 N–H and O–H groups in total. The van der Waals surface area contributed by atoms with E-state index in [1.165, 1.54) is 16.7 Å². The van der Waals surface area contributed by atoms with Crippen molar-refractivity contribution in [3.8, 4) is 0 Å². The highest BCUT2D eigenvalue weighted by atomic mass is 32.1. The number of carbonyl (C=O) groups is 1.